The lowest BCUT2D eigenvalue weighted by Crippen LogP contribution is -2.34. The van der Waals surface area contributed by atoms with Crippen molar-refractivity contribution in [2.75, 3.05) is 10.2 Å². The van der Waals surface area contributed by atoms with Crippen LogP contribution in [0.25, 0.3) is 0 Å². The van der Waals surface area contributed by atoms with E-state index in [1.54, 1.807) is 24.3 Å². The summed E-state index contributed by atoms with van der Waals surface area (Å²) in [5.41, 5.74) is 0.871. The van der Waals surface area contributed by atoms with E-state index < -0.39 is 11.9 Å². The number of para-hydroxylation sites is 1. The first-order valence-electron chi connectivity index (χ1n) is 9.67. The minimum atomic E-state index is -1.14. The molecule has 9 heteroatoms. The number of nitrogens with one attached hydrogen (secondary N) is 1. The maximum atomic E-state index is 12.9. The molecular formula is C22H18Br2N2O5. The molecule has 3 amide bonds. The summed E-state index contributed by atoms with van der Waals surface area (Å²) in [5, 5.41) is 11.8. The number of fused-ring (bicyclic) bond motifs is 1. The lowest BCUT2D eigenvalue weighted by Gasteiger charge is -2.29. The van der Waals surface area contributed by atoms with Gasteiger partial charge in [-0.3, -0.25) is 19.3 Å². The van der Waals surface area contributed by atoms with E-state index >= 15 is 0 Å². The van der Waals surface area contributed by atoms with Crippen LogP contribution in [0.4, 0.5) is 11.4 Å². The van der Waals surface area contributed by atoms with Crippen LogP contribution in [0, 0.1) is 11.8 Å². The molecule has 1 saturated carbocycles. The zero-order chi connectivity index (χ0) is 22.3. The number of alkyl halides is 2. The number of nitrogens with zero attached hydrogens (tertiary/aromatic N) is 1. The predicted molar refractivity (Wildman–Crippen MR) is 122 cm³/mol. The van der Waals surface area contributed by atoms with Crippen LogP contribution in [-0.2, 0) is 9.59 Å². The Bertz CT molecular complexity index is 1040. The lowest BCUT2D eigenvalue weighted by molar-refractivity contribution is -0.122. The summed E-state index contributed by atoms with van der Waals surface area (Å²) >= 11 is 7.14. The highest BCUT2D eigenvalue weighted by atomic mass is 79.9. The quantitative estimate of drug-likeness (QED) is 0.442. The van der Waals surface area contributed by atoms with E-state index in [4.69, 9.17) is 0 Å². The zero-order valence-electron chi connectivity index (χ0n) is 16.1. The van der Waals surface area contributed by atoms with Crippen molar-refractivity contribution in [1.29, 1.82) is 0 Å². The Morgan fingerprint density at radius 3 is 2.00 bits per heavy atom. The summed E-state index contributed by atoms with van der Waals surface area (Å²) in [5.74, 6) is -2.76. The number of hydrogen-bond donors (Lipinski definition) is 2. The van der Waals surface area contributed by atoms with Crippen LogP contribution in [0.3, 0.4) is 0 Å². The van der Waals surface area contributed by atoms with E-state index in [2.05, 4.69) is 37.2 Å². The highest BCUT2D eigenvalue weighted by Crippen LogP contribution is 2.44. The molecule has 0 radical (unpaired) electrons. The third-order valence-corrected chi connectivity index (χ3v) is 8.44. The van der Waals surface area contributed by atoms with E-state index in [-0.39, 0.29) is 50.1 Å². The van der Waals surface area contributed by atoms with Gasteiger partial charge in [-0.15, -0.1) is 0 Å². The third-order valence-electron chi connectivity index (χ3n) is 5.70. The van der Waals surface area contributed by atoms with Gasteiger partial charge in [-0.2, -0.15) is 0 Å². The molecule has 2 fully saturated rings. The average Bonchev–Trinajstić information content (AvgIpc) is 2.98. The average molecular weight is 550 g/mol. The Morgan fingerprint density at radius 2 is 1.45 bits per heavy atom. The van der Waals surface area contributed by atoms with Crippen molar-refractivity contribution in [1.82, 2.24) is 0 Å². The molecule has 2 aliphatic rings. The maximum Gasteiger partial charge on any atom is 0.337 e. The van der Waals surface area contributed by atoms with Crippen molar-refractivity contribution in [3.63, 3.8) is 0 Å². The van der Waals surface area contributed by atoms with Gasteiger partial charge in [0.15, 0.2) is 0 Å². The van der Waals surface area contributed by atoms with Gasteiger partial charge in [0.2, 0.25) is 11.8 Å². The zero-order valence-corrected chi connectivity index (χ0v) is 19.3. The van der Waals surface area contributed by atoms with Crippen LogP contribution in [0.2, 0.25) is 0 Å². The number of hydrogen-bond acceptors (Lipinski definition) is 4. The number of carbonyl (C=O) groups excluding carboxylic acids is 3. The predicted octanol–water partition coefficient (Wildman–Crippen LogP) is 4.06. The number of carboxylic acids is 1. The number of benzene rings is 2. The van der Waals surface area contributed by atoms with Gasteiger partial charge in [0.1, 0.15) is 0 Å². The molecule has 1 aliphatic heterocycles. The largest absolute Gasteiger partial charge is 0.478 e. The van der Waals surface area contributed by atoms with Gasteiger partial charge in [-0.1, -0.05) is 44.0 Å². The van der Waals surface area contributed by atoms with Crippen molar-refractivity contribution in [2.45, 2.75) is 22.5 Å². The lowest BCUT2D eigenvalue weighted by atomic mass is 9.81. The molecule has 2 aromatic carbocycles. The molecule has 2 N–H and O–H groups in total. The third kappa shape index (κ3) is 4.04. The molecule has 7 nitrogen and oxygen atoms in total. The summed E-state index contributed by atoms with van der Waals surface area (Å²) in [6, 6.07) is 12.3. The number of amides is 3. The van der Waals surface area contributed by atoms with E-state index in [9.17, 15) is 24.3 Å². The van der Waals surface area contributed by atoms with Gasteiger partial charge in [-0.05, 0) is 49.2 Å². The van der Waals surface area contributed by atoms with Gasteiger partial charge in [-0.25, -0.2) is 4.79 Å². The first-order valence-corrected chi connectivity index (χ1v) is 11.5. The van der Waals surface area contributed by atoms with Crippen molar-refractivity contribution in [3.8, 4) is 0 Å². The van der Waals surface area contributed by atoms with Gasteiger partial charge in [0.25, 0.3) is 5.91 Å². The van der Waals surface area contributed by atoms with Crippen LogP contribution in [0.5, 0.6) is 0 Å². The van der Waals surface area contributed by atoms with E-state index in [0.717, 1.165) is 0 Å². The Hall–Kier alpha value is -2.52. The summed E-state index contributed by atoms with van der Waals surface area (Å²) in [4.78, 5) is 51.1. The SMILES string of the molecule is O=C(Nc1ccccc1C(=O)O)c1ccc(N2C(=O)[C@@H]3C[C@H](Br)[C@@H](Br)C[C@H]3C2=O)cc1. The first-order chi connectivity index (χ1) is 14.8. The number of rotatable bonds is 4. The molecule has 2 aromatic rings. The summed E-state index contributed by atoms with van der Waals surface area (Å²) < 4.78 is 0. The van der Waals surface area contributed by atoms with E-state index in [1.165, 1.54) is 29.2 Å². The molecular weight excluding hydrogens is 532 g/mol. The molecule has 4 rings (SSSR count). The second-order valence-electron chi connectivity index (χ2n) is 7.58. The Labute approximate surface area is 195 Å². The first kappa shape index (κ1) is 21.7. The van der Waals surface area contributed by atoms with Crippen LogP contribution in [0.1, 0.15) is 33.6 Å². The number of halogens is 2. The van der Waals surface area contributed by atoms with Crippen molar-refractivity contribution in [2.24, 2.45) is 11.8 Å². The number of carboxylic acid groups (broad SMARTS) is 1. The Kier molecular flexibility index (Phi) is 5.98. The van der Waals surface area contributed by atoms with Crippen LogP contribution in [0.15, 0.2) is 48.5 Å². The summed E-state index contributed by atoms with van der Waals surface area (Å²) in [7, 11) is 0. The molecule has 1 heterocycles. The summed E-state index contributed by atoms with van der Waals surface area (Å²) in [6.07, 6.45) is 1.18. The number of imide groups is 1. The van der Waals surface area contributed by atoms with Crippen molar-refractivity contribution >= 4 is 66.9 Å². The fourth-order valence-corrected chi connectivity index (χ4v) is 5.32. The fraction of sp³-hybridized carbons (Fsp3) is 0.273. The highest BCUT2D eigenvalue weighted by molar-refractivity contribution is 9.12. The Morgan fingerprint density at radius 1 is 0.903 bits per heavy atom. The number of anilines is 2. The molecule has 0 unspecified atom stereocenters. The molecule has 1 saturated heterocycles. The normalized spacial score (nSPS) is 25.3. The molecule has 4 atom stereocenters. The van der Waals surface area contributed by atoms with Crippen LogP contribution >= 0.6 is 31.9 Å². The topological polar surface area (TPSA) is 104 Å². The highest BCUT2D eigenvalue weighted by Gasteiger charge is 2.52. The van der Waals surface area contributed by atoms with Crippen LogP contribution < -0.4 is 10.2 Å². The standard InChI is InChI=1S/C22H18Br2N2O5/c23-16-9-14-15(10-17(16)24)21(29)26(20(14)28)12-7-5-11(6-8-12)19(27)25-18-4-2-1-3-13(18)22(30)31/h1-8,14-17H,9-10H2,(H,25,27)(H,30,31)/t14-,15-,16+,17+/m1/s1. The molecule has 1 aliphatic carbocycles. The van der Waals surface area contributed by atoms with Gasteiger partial charge in [0.05, 0.1) is 28.8 Å². The molecule has 31 heavy (non-hydrogen) atoms. The molecule has 0 aromatic heterocycles. The minimum Gasteiger partial charge on any atom is -0.478 e. The second-order valence-corrected chi connectivity index (χ2v) is 9.93. The van der Waals surface area contributed by atoms with Gasteiger partial charge < -0.3 is 10.4 Å². The Balaban J connectivity index is 1.52. The number of aromatic carboxylic acids is 1. The van der Waals surface area contributed by atoms with Gasteiger partial charge in [0, 0.05) is 15.2 Å². The monoisotopic (exact) mass is 548 g/mol. The van der Waals surface area contributed by atoms with Gasteiger partial charge >= 0.3 is 5.97 Å². The van der Waals surface area contributed by atoms with E-state index in [1.807, 2.05) is 0 Å². The minimum absolute atomic E-state index is 0.0153. The molecule has 0 bridgehead atoms. The van der Waals surface area contributed by atoms with Crippen molar-refractivity contribution < 1.29 is 24.3 Å². The smallest absolute Gasteiger partial charge is 0.337 e. The fourth-order valence-electron chi connectivity index (χ4n) is 4.08. The molecule has 0 spiro atoms. The van der Waals surface area contributed by atoms with Crippen molar-refractivity contribution in [3.05, 3.63) is 59.7 Å². The second kappa shape index (κ2) is 8.55. The van der Waals surface area contributed by atoms with E-state index in [0.29, 0.717) is 18.5 Å². The number of carbonyl (C=O) groups is 4. The van der Waals surface area contributed by atoms with Crippen LogP contribution in [-0.4, -0.2) is 38.5 Å². The molecule has 160 valence electrons. The maximum absolute atomic E-state index is 12.9. The summed E-state index contributed by atoms with van der Waals surface area (Å²) in [6.45, 7) is 0.